The second kappa shape index (κ2) is 10.4. The lowest BCUT2D eigenvalue weighted by Crippen LogP contribution is -2.49. The molecule has 7 heteroatoms. The van der Waals surface area contributed by atoms with Crippen molar-refractivity contribution in [3.8, 4) is 0 Å². The third kappa shape index (κ3) is 5.97. The summed E-state index contributed by atoms with van der Waals surface area (Å²) in [5, 5.41) is 4.05. The highest BCUT2D eigenvalue weighted by atomic mass is 32.2. The average Bonchev–Trinajstić information content (AvgIpc) is 3.14. The van der Waals surface area contributed by atoms with Gasteiger partial charge in [0.05, 0.1) is 18.0 Å². The summed E-state index contributed by atoms with van der Waals surface area (Å²) in [6, 6.07) is 16.2. The van der Waals surface area contributed by atoms with Crippen LogP contribution in [0.5, 0.6) is 0 Å². The van der Waals surface area contributed by atoms with Gasteiger partial charge in [0, 0.05) is 41.6 Å². The second-order valence-corrected chi connectivity index (χ2v) is 9.76. The Kier molecular flexibility index (Phi) is 7.40. The van der Waals surface area contributed by atoms with E-state index in [2.05, 4.69) is 5.32 Å². The number of carbonyl (C=O) groups excluding carboxylic acids is 2. The van der Waals surface area contributed by atoms with Crippen LogP contribution < -0.4 is 5.32 Å². The van der Waals surface area contributed by atoms with Gasteiger partial charge in [0.15, 0.2) is 0 Å². The normalized spacial score (nSPS) is 18.5. The van der Waals surface area contributed by atoms with Crippen molar-refractivity contribution in [1.29, 1.82) is 0 Å². The largest absolute Gasteiger partial charge is 0.372 e. The van der Waals surface area contributed by atoms with Crippen LogP contribution in [0.4, 0.5) is 0 Å². The number of aryl methyl sites for hydroxylation is 1. The van der Waals surface area contributed by atoms with Gasteiger partial charge in [-0.1, -0.05) is 48.0 Å². The predicted octanol–water partition coefficient (Wildman–Crippen LogP) is 3.99. The van der Waals surface area contributed by atoms with Gasteiger partial charge < -0.3 is 19.5 Å². The van der Waals surface area contributed by atoms with Gasteiger partial charge in [0.25, 0.3) is 0 Å². The SMILES string of the molecule is Cc1ccc(CNC(=O)CSc2cn(CC(=O)N3C[C@@H](C)O[C@@H](C)C3)c3ccccc23)cc1. The fourth-order valence-corrected chi connectivity index (χ4v) is 5.11. The molecular formula is C26H31N3O3S. The van der Waals surface area contributed by atoms with Crippen molar-refractivity contribution in [3.63, 3.8) is 0 Å². The fraction of sp³-hybridized carbons (Fsp3) is 0.385. The molecule has 2 heterocycles. The van der Waals surface area contributed by atoms with Crippen molar-refractivity contribution in [2.45, 2.75) is 51.0 Å². The molecule has 0 aliphatic carbocycles. The van der Waals surface area contributed by atoms with Crippen LogP contribution in [0.15, 0.2) is 59.6 Å². The summed E-state index contributed by atoms with van der Waals surface area (Å²) in [5.74, 6) is 0.404. The van der Waals surface area contributed by atoms with Crippen LogP contribution in [0.3, 0.4) is 0 Å². The molecule has 1 saturated heterocycles. The lowest BCUT2D eigenvalue weighted by Gasteiger charge is -2.35. The second-order valence-electron chi connectivity index (χ2n) is 8.75. The van der Waals surface area contributed by atoms with E-state index in [0.717, 1.165) is 21.4 Å². The van der Waals surface area contributed by atoms with E-state index >= 15 is 0 Å². The molecule has 1 aromatic heterocycles. The summed E-state index contributed by atoms with van der Waals surface area (Å²) in [6.45, 7) is 8.08. The Balaban J connectivity index is 1.39. The lowest BCUT2D eigenvalue weighted by atomic mass is 10.1. The van der Waals surface area contributed by atoms with Crippen molar-refractivity contribution < 1.29 is 14.3 Å². The van der Waals surface area contributed by atoms with Crippen molar-refractivity contribution in [2.24, 2.45) is 0 Å². The zero-order chi connectivity index (χ0) is 23.4. The van der Waals surface area contributed by atoms with Gasteiger partial charge in [0.1, 0.15) is 6.54 Å². The van der Waals surface area contributed by atoms with E-state index in [1.54, 1.807) is 0 Å². The summed E-state index contributed by atoms with van der Waals surface area (Å²) < 4.78 is 7.75. The maximum atomic E-state index is 13.0. The first-order chi connectivity index (χ1) is 15.9. The molecule has 174 valence electrons. The maximum Gasteiger partial charge on any atom is 0.242 e. The van der Waals surface area contributed by atoms with Gasteiger partial charge in [-0.2, -0.15) is 0 Å². The standard InChI is InChI=1S/C26H31N3O3S/c1-18-8-10-21(11-9-18)12-27-25(30)17-33-24-15-28(23-7-5-4-6-22(23)24)16-26(31)29-13-19(2)32-20(3)14-29/h4-11,15,19-20H,12-14,16-17H2,1-3H3,(H,27,30)/t19-,20+. The minimum absolute atomic E-state index is 0.00947. The molecule has 6 nitrogen and oxygen atoms in total. The Morgan fingerprint density at radius 3 is 2.48 bits per heavy atom. The first kappa shape index (κ1) is 23.4. The van der Waals surface area contributed by atoms with Gasteiger partial charge in [0.2, 0.25) is 11.8 Å². The van der Waals surface area contributed by atoms with Gasteiger partial charge >= 0.3 is 0 Å². The highest BCUT2D eigenvalue weighted by molar-refractivity contribution is 8.00. The van der Waals surface area contributed by atoms with Crippen molar-refractivity contribution >= 4 is 34.5 Å². The monoisotopic (exact) mass is 465 g/mol. The van der Waals surface area contributed by atoms with Crippen LogP contribution in [0, 0.1) is 6.92 Å². The minimum Gasteiger partial charge on any atom is -0.372 e. The number of rotatable bonds is 7. The quantitative estimate of drug-likeness (QED) is 0.536. The fourth-order valence-electron chi connectivity index (χ4n) is 4.19. The number of benzene rings is 2. The van der Waals surface area contributed by atoms with Crippen LogP contribution in [0.2, 0.25) is 0 Å². The molecule has 4 rings (SSSR count). The number of amides is 2. The van der Waals surface area contributed by atoms with E-state index in [4.69, 9.17) is 4.74 Å². The molecule has 0 spiro atoms. The van der Waals surface area contributed by atoms with E-state index in [0.29, 0.717) is 25.4 Å². The summed E-state index contributed by atoms with van der Waals surface area (Å²) in [7, 11) is 0. The van der Waals surface area contributed by atoms with E-state index in [1.165, 1.54) is 17.3 Å². The number of fused-ring (bicyclic) bond motifs is 1. The van der Waals surface area contributed by atoms with Crippen molar-refractivity contribution in [3.05, 3.63) is 65.9 Å². The molecule has 1 aliphatic rings. The average molecular weight is 466 g/mol. The van der Waals surface area contributed by atoms with E-state index in [1.807, 2.05) is 85.0 Å². The Hall–Kier alpha value is -2.77. The number of ether oxygens (including phenoxy) is 1. The number of para-hydroxylation sites is 1. The van der Waals surface area contributed by atoms with E-state index in [-0.39, 0.29) is 30.6 Å². The summed E-state index contributed by atoms with van der Waals surface area (Å²) >= 11 is 1.50. The molecule has 2 atom stereocenters. The number of morpholine rings is 1. The third-order valence-corrected chi connectivity index (χ3v) is 6.84. The predicted molar refractivity (Wildman–Crippen MR) is 132 cm³/mol. The molecule has 2 amide bonds. The Morgan fingerprint density at radius 1 is 1.06 bits per heavy atom. The number of nitrogens with one attached hydrogen (secondary N) is 1. The van der Waals surface area contributed by atoms with Crippen LogP contribution >= 0.6 is 11.8 Å². The molecule has 3 aromatic rings. The molecule has 0 bridgehead atoms. The van der Waals surface area contributed by atoms with E-state index < -0.39 is 0 Å². The molecule has 1 N–H and O–H groups in total. The topological polar surface area (TPSA) is 63.6 Å². The zero-order valence-electron chi connectivity index (χ0n) is 19.4. The van der Waals surface area contributed by atoms with Gasteiger partial charge in [-0.05, 0) is 32.4 Å². The molecule has 33 heavy (non-hydrogen) atoms. The number of aromatic nitrogens is 1. The first-order valence-electron chi connectivity index (χ1n) is 11.3. The number of carbonyl (C=O) groups is 2. The highest BCUT2D eigenvalue weighted by Gasteiger charge is 2.26. The van der Waals surface area contributed by atoms with Gasteiger partial charge in [-0.15, -0.1) is 11.8 Å². The summed E-state index contributed by atoms with van der Waals surface area (Å²) in [6.07, 6.45) is 2.08. The molecular weight excluding hydrogens is 434 g/mol. The molecule has 1 aliphatic heterocycles. The first-order valence-corrected chi connectivity index (χ1v) is 12.3. The van der Waals surface area contributed by atoms with Gasteiger partial charge in [-0.25, -0.2) is 0 Å². The zero-order valence-corrected chi connectivity index (χ0v) is 20.2. The van der Waals surface area contributed by atoms with Crippen molar-refractivity contribution in [1.82, 2.24) is 14.8 Å². The summed E-state index contributed by atoms with van der Waals surface area (Å²) in [5.41, 5.74) is 3.29. The number of thioether (sulfide) groups is 1. The Morgan fingerprint density at radius 2 is 1.76 bits per heavy atom. The number of nitrogens with zero attached hydrogens (tertiary/aromatic N) is 2. The molecule has 1 fully saturated rings. The Bertz CT molecular complexity index is 1120. The summed E-state index contributed by atoms with van der Waals surface area (Å²) in [4.78, 5) is 28.3. The van der Waals surface area contributed by atoms with E-state index in [9.17, 15) is 9.59 Å². The smallest absolute Gasteiger partial charge is 0.242 e. The van der Waals surface area contributed by atoms with Crippen LogP contribution in [-0.4, -0.2) is 52.3 Å². The van der Waals surface area contributed by atoms with Crippen LogP contribution in [0.1, 0.15) is 25.0 Å². The molecule has 2 aromatic carbocycles. The maximum absolute atomic E-state index is 13.0. The lowest BCUT2D eigenvalue weighted by molar-refractivity contribution is -0.143. The van der Waals surface area contributed by atoms with Crippen molar-refractivity contribution in [2.75, 3.05) is 18.8 Å². The minimum atomic E-state index is -0.00947. The number of hydrogen-bond acceptors (Lipinski definition) is 4. The Labute approximate surface area is 199 Å². The number of hydrogen-bond donors (Lipinski definition) is 1. The van der Waals surface area contributed by atoms with Gasteiger partial charge in [-0.3, -0.25) is 9.59 Å². The molecule has 0 saturated carbocycles. The molecule has 0 unspecified atom stereocenters. The molecule has 0 radical (unpaired) electrons. The highest BCUT2D eigenvalue weighted by Crippen LogP contribution is 2.30. The van der Waals surface area contributed by atoms with Crippen LogP contribution in [0.25, 0.3) is 10.9 Å². The van der Waals surface area contributed by atoms with Crippen LogP contribution in [-0.2, 0) is 27.4 Å². The third-order valence-electron chi connectivity index (χ3n) is 5.80.